The third-order valence-corrected chi connectivity index (χ3v) is 3.86. The zero-order chi connectivity index (χ0) is 16.7. The van der Waals surface area contributed by atoms with Crippen LogP contribution in [0.15, 0.2) is 54.6 Å². The third kappa shape index (κ3) is 4.85. The van der Waals surface area contributed by atoms with Crippen LogP contribution >= 0.6 is 0 Å². The molecule has 0 heterocycles. The molecule has 2 aromatic carbocycles. The minimum absolute atomic E-state index is 0.0128. The van der Waals surface area contributed by atoms with Crippen molar-refractivity contribution in [2.24, 2.45) is 0 Å². The van der Waals surface area contributed by atoms with E-state index in [0.717, 1.165) is 23.3 Å². The van der Waals surface area contributed by atoms with Gasteiger partial charge >= 0.3 is 0 Å². The Labute approximate surface area is 138 Å². The molecule has 0 saturated carbocycles. The smallest absolute Gasteiger partial charge is 0.261 e. The van der Waals surface area contributed by atoms with E-state index in [9.17, 15) is 4.79 Å². The number of benzene rings is 2. The molecule has 0 radical (unpaired) electrons. The van der Waals surface area contributed by atoms with Gasteiger partial charge in [-0.15, -0.1) is 0 Å². The first-order valence-corrected chi connectivity index (χ1v) is 8.22. The van der Waals surface area contributed by atoms with E-state index in [4.69, 9.17) is 4.74 Å². The van der Waals surface area contributed by atoms with Crippen LogP contribution in [0.1, 0.15) is 43.9 Å². The molecule has 3 nitrogen and oxygen atoms in total. The van der Waals surface area contributed by atoms with Gasteiger partial charge in [-0.1, -0.05) is 56.3 Å². The maximum absolute atomic E-state index is 12.6. The zero-order valence-corrected chi connectivity index (χ0v) is 14.1. The van der Waals surface area contributed by atoms with Crippen molar-refractivity contribution < 1.29 is 9.53 Å². The molecule has 0 saturated heterocycles. The molecule has 0 aliphatic rings. The number of amides is 1. The van der Waals surface area contributed by atoms with Crippen LogP contribution in [0.4, 0.5) is 0 Å². The summed E-state index contributed by atoms with van der Waals surface area (Å²) in [6.07, 6.45) is 0.997. The zero-order valence-electron chi connectivity index (χ0n) is 14.1. The highest BCUT2D eigenvalue weighted by atomic mass is 16.5. The van der Waals surface area contributed by atoms with Gasteiger partial charge < -0.3 is 10.1 Å². The first-order valence-electron chi connectivity index (χ1n) is 8.22. The number of carbonyl (C=O) groups excluding carboxylic acids is 1. The SMILES string of the molecule is CCC(Oc1cccc(C)c1)C(=O)NC(CC)c1ccccc1. The summed E-state index contributed by atoms with van der Waals surface area (Å²) < 4.78 is 5.88. The Hall–Kier alpha value is -2.29. The Kier molecular flexibility index (Phi) is 6.21. The number of rotatable bonds is 7. The molecule has 122 valence electrons. The lowest BCUT2D eigenvalue weighted by Crippen LogP contribution is -2.39. The molecule has 23 heavy (non-hydrogen) atoms. The summed E-state index contributed by atoms with van der Waals surface area (Å²) in [5, 5.41) is 3.10. The molecule has 2 unspecified atom stereocenters. The second-order valence-corrected chi connectivity index (χ2v) is 5.71. The lowest BCUT2D eigenvalue weighted by atomic mass is 10.0. The average molecular weight is 311 g/mol. The summed E-state index contributed by atoms with van der Waals surface area (Å²) in [6.45, 7) is 6.04. The molecule has 1 N–H and O–H groups in total. The van der Waals surface area contributed by atoms with Crippen molar-refractivity contribution in [1.82, 2.24) is 5.32 Å². The molecule has 0 aliphatic heterocycles. The first kappa shape index (κ1) is 17.1. The predicted molar refractivity (Wildman–Crippen MR) is 93.5 cm³/mol. The number of aryl methyl sites for hydroxylation is 1. The Balaban J connectivity index is 2.04. The van der Waals surface area contributed by atoms with E-state index in [1.807, 2.05) is 68.4 Å². The molecule has 0 fully saturated rings. The molecule has 0 spiro atoms. The molecule has 2 rings (SSSR count). The second-order valence-electron chi connectivity index (χ2n) is 5.71. The van der Waals surface area contributed by atoms with Crippen molar-refractivity contribution in [3.05, 3.63) is 65.7 Å². The summed E-state index contributed by atoms with van der Waals surface area (Å²) in [7, 11) is 0. The average Bonchev–Trinajstić information content (AvgIpc) is 2.58. The molecule has 2 atom stereocenters. The second kappa shape index (κ2) is 8.37. The van der Waals surface area contributed by atoms with Crippen LogP contribution in [0.3, 0.4) is 0 Å². The quantitative estimate of drug-likeness (QED) is 0.822. The topological polar surface area (TPSA) is 38.3 Å². The third-order valence-electron chi connectivity index (χ3n) is 3.86. The number of hydrogen-bond acceptors (Lipinski definition) is 2. The Morgan fingerprint density at radius 3 is 2.39 bits per heavy atom. The lowest BCUT2D eigenvalue weighted by molar-refractivity contribution is -0.128. The summed E-state index contributed by atoms with van der Waals surface area (Å²) in [5.41, 5.74) is 2.24. The van der Waals surface area contributed by atoms with E-state index in [0.29, 0.717) is 6.42 Å². The number of hydrogen-bond donors (Lipinski definition) is 1. The van der Waals surface area contributed by atoms with Crippen LogP contribution in [-0.4, -0.2) is 12.0 Å². The summed E-state index contributed by atoms with van der Waals surface area (Å²) in [5.74, 6) is 0.671. The monoisotopic (exact) mass is 311 g/mol. The van der Waals surface area contributed by atoms with Crippen LogP contribution in [0.25, 0.3) is 0 Å². The van der Waals surface area contributed by atoms with Crippen molar-refractivity contribution in [2.45, 2.75) is 45.8 Å². The van der Waals surface area contributed by atoms with Gasteiger partial charge in [-0.25, -0.2) is 0 Å². The normalized spacial score (nSPS) is 13.2. The van der Waals surface area contributed by atoms with Gasteiger partial charge in [0, 0.05) is 0 Å². The maximum Gasteiger partial charge on any atom is 0.261 e. The highest BCUT2D eigenvalue weighted by Crippen LogP contribution is 2.19. The van der Waals surface area contributed by atoms with Crippen LogP contribution < -0.4 is 10.1 Å². The molecule has 3 heteroatoms. The number of nitrogens with one attached hydrogen (secondary N) is 1. The Bertz CT molecular complexity index is 625. The number of ether oxygens (including phenoxy) is 1. The molecular formula is C20H25NO2. The fourth-order valence-corrected chi connectivity index (χ4v) is 2.55. The Morgan fingerprint density at radius 1 is 1.04 bits per heavy atom. The van der Waals surface area contributed by atoms with E-state index in [1.54, 1.807) is 0 Å². The van der Waals surface area contributed by atoms with Crippen LogP contribution in [-0.2, 0) is 4.79 Å². The van der Waals surface area contributed by atoms with Crippen molar-refractivity contribution in [2.75, 3.05) is 0 Å². The fourth-order valence-electron chi connectivity index (χ4n) is 2.55. The van der Waals surface area contributed by atoms with Gasteiger partial charge in [-0.05, 0) is 43.0 Å². The van der Waals surface area contributed by atoms with Gasteiger partial charge in [0.05, 0.1) is 6.04 Å². The molecule has 2 aromatic rings. The highest BCUT2D eigenvalue weighted by molar-refractivity contribution is 5.81. The van der Waals surface area contributed by atoms with Gasteiger partial charge in [0.25, 0.3) is 5.91 Å². The van der Waals surface area contributed by atoms with Crippen molar-refractivity contribution >= 4 is 5.91 Å². The lowest BCUT2D eigenvalue weighted by Gasteiger charge is -2.22. The standard InChI is InChI=1S/C20H25NO2/c1-4-18(16-11-7-6-8-12-16)21-20(22)19(5-2)23-17-13-9-10-15(3)14-17/h6-14,18-19H,4-5H2,1-3H3,(H,21,22). The van der Waals surface area contributed by atoms with E-state index >= 15 is 0 Å². The summed E-state index contributed by atoms with van der Waals surface area (Å²) in [4.78, 5) is 12.6. The van der Waals surface area contributed by atoms with Gasteiger partial charge in [-0.2, -0.15) is 0 Å². The Morgan fingerprint density at radius 2 is 1.78 bits per heavy atom. The fraction of sp³-hybridized carbons (Fsp3) is 0.350. The maximum atomic E-state index is 12.6. The molecule has 0 bridgehead atoms. The van der Waals surface area contributed by atoms with Gasteiger partial charge in [0.2, 0.25) is 0 Å². The van der Waals surface area contributed by atoms with Crippen LogP contribution in [0.2, 0.25) is 0 Å². The van der Waals surface area contributed by atoms with Crippen molar-refractivity contribution in [1.29, 1.82) is 0 Å². The largest absolute Gasteiger partial charge is 0.481 e. The molecule has 0 aliphatic carbocycles. The highest BCUT2D eigenvalue weighted by Gasteiger charge is 2.21. The molecule has 1 amide bonds. The molecular weight excluding hydrogens is 286 g/mol. The predicted octanol–water partition coefficient (Wildman–Crippen LogP) is 4.42. The minimum Gasteiger partial charge on any atom is -0.481 e. The van der Waals surface area contributed by atoms with Crippen molar-refractivity contribution in [3.8, 4) is 5.75 Å². The van der Waals surface area contributed by atoms with Gasteiger partial charge in [0.1, 0.15) is 5.75 Å². The van der Waals surface area contributed by atoms with Crippen LogP contribution in [0.5, 0.6) is 5.75 Å². The molecule has 0 aromatic heterocycles. The van der Waals surface area contributed by atoms with Gasteiger partial charge in [0.15, 0.2) is 6.10 Å². The number of carbonyl (C=O) groups is 1. The van der Waals surface area contributed by atoms with E-state index < -0.39 is 6.10 Å². The summed E-state index contributed by atoms with van der Waals surface area (Å²) in [6, 6.07) is 17.8. The van der Waals surface area contributed by atoms with E-state index in [1.165, 1.54) is 0 Å². The van der Waals surface area contributed by atoms with E-state index in [2.05, 4.69) is 12.2 Å². The minimum atomic E-state index is -0.477. The first-order chi connectivity index (χ1) is 11.1. The van der Waals surface area contributed by atoms with Crippen LogP contribution in [0, 0.1) is 6.92 Å². The van der Waals surface area contributed by atoms with E-state index in [-0.39, 0.29) is 11.9 Å². The summed E-state index contributed by atoms with van der Waals surface area (Å²) >= 11 is 0. The van der Waals surface area contributed by atoms with Crippen molar-refractivity contribution in [3.63, 3.8) is 0 Å². The van der Waals surface area contributed by atoms with Gasteiger partial charge in [-0.3, -0.25) is 4.79 Å².